The monoisotopic (exact) mass is 352 g/mol. The van der Waals surface area contributed by atoms with Crippen LogP contribution in [0.3, 0.4) is 0 Å². The van der Waals surface area contributed by atoms with Gasteiger partial charge in [0.1, 0.15) is 11.5 Å². The van der Waals surface area contributed by atoms with E-state index in [1.807, 2.05) is 12.4 Å². The molecule has 7 heteroatoms. The Hall–Kier alpha value is -2.80. The maximum Gasteiger partial charge on any atom is 0.155 e. The van der Waals surface area contributed by atoms with Gasteiger partial charge in [0, 0.05) is 61.9 Å². The van der Waals surface area contributed by atoms with E-state index in [1.165, 1.54) is 17.7 Å². The second-order valence-corrected chi connectivity index (χ2v) is 6.47. The zero-order valence-corrected chi connectivity index (χ0v) is 14.6. The van der Waals surface area contributed by atoms with Crippen LogP contribution in [0.5, 0.6) is 0 Å². The van der Waals surface area contributed by atoms with E-state index in [4.69, 9.17) is 0 Å². The van der Waals surface area contributed by atoms with Gasteiger partial charge in [0.2, 0.25) is 0 Å². The highest BCUT2D eigenvalue weighted by atomic mass is 19.1. The summed E-state index contributed by atoms with van der Waals surface area (Å²) in [5, 5.41) is 6.93. The van der Waals surface area contributed by atoms with Gasteiger partial charge in [-0.3, -0.25) is 15.0 Å². The lowest BCUT2D eigenvalue weighted by molar-refractivity contribution is 0.198. The molecule has 1 atom stereocenters. The van der Waals surface area contributed by atoms with Crippen LogP contribution in [-0.2, 0) is 0 Å². The first-order valence-corrected chi connectivity index (χ1v) is 8.77. The predicted octanol–water partition coefficient (Wildman–Crippen LogP) is 2.89. The number of benzene rings is 1. The van der Waals surface area contributed by atoms with Gasteiger partial charge in [0.15, 0.2) is 5.82 Å². The number of piperazine rings is 1. The highest BCUT2D eigenvalue weighted by molar-refractivity contribution is 5.72. The summed E-state index contributed by atoms with van der Waals surface area (Å²) < 4.78 is 13.2. The minimum atomic E-state index is -0.249. The number of nitrogens with zero attached hydrogens (tertiary/aromatic N) is 5. The van der Waals surface area contributed by atoms with E-state index in [9.17, 15) is 4.39 Å². The first kappa shape index (κ1) is 16.7. The summed E-state index contributed by atoms with van der Waals surface area (Å²) in [5.74, 6) is 0.607. The highest BCUT2D eigenvalue weighted by Crippen LogP contribution is 2.28. The standard InChI is InChI=1S/C19H21FN6/c1-14(16-12-23-24-13-16)25-8-10-26(11-9-25)19-18(21-6-7-22-19)15-2-4-17(20)5-3-15/h2-7,12-14H,8-11H2,1H3,(H,23,24). The predicted molar refractivity (Wildman–Crippen MR) is 98.2 cm³/mol. The summed E-state index contributed by atoms with van der Waals surface area (Å²) >= 11 is 0. The molecule has 0 radical (unpaired) electrons. The van der Waals surface area contributed by atoms with Crippen molar-refractivity contribution >= 4 is 5.82 Å². The third-order valence-electron chi connectivity index (χ3n) is 4.96. The summed E-state index contributed by atoms with van der Waals surface area (Å²) in [5.41, 5.74) is 2.87. The van der Waals surface area contributed by atoms with Crippen molar-refractivity contribution in [1.82, 2.24) is 25.1 Å². The summed E-state index contributed by atoms with van der Waals surface area (Å²) in [6.45, 7) is 5.81. The van der Waals surface area contributed by atoms with Crippen LogP contribution >= 0.6 is 0 Å². The summed E-state index contributed by atoms with van der Waals surface area (Å²) in [4.78, 5) is 13.7. The lowest BCUT2D eigenvalue weighted by Gasteiger charge is -2.38. The molecule has 26 heavy (non-hydrogen) atoms. The second-order valence-electron chi connectivity index (χ2n) is 6.47. The smallest absolute Gasteiger partial charge is 0.155 e. The van der Waals surface area contributed by atoms with Crippen LogP contribution in [0.15, 0.2) is 49.1 Å². The number of H-pyrrole nitrogens is 1. The molecular formula is C19H21FN6. The molecule has 0 aliphatic carbocycles. The van der Waals surface area contributed by atoms with E-state index in [1.54, 1.807) is 24.5 Å². The van der Waals surface area contributed by atoms with Gasteiger partial charge in [-0.1, -0.05) is 0 Å². The Morgan fingerprint density at radius 3 is 2.46 bits per heavy atom. The molecule has 6 nitrogen and oxygen atoms in total. The molecule has 134 valence electrons. The largest absolute Gasteiger partial charge is 0.352 e. The molecule has 1 aliphatic heterocycles. The zero-order valence-electron chi connectivity index (χ0n) is 14.6. The van der Waals surface area contributed by atoms with Gasteiger partial charge >= 0.3 is 0 Å². The zero-order chi connectivity index (χ0) is 17.9. The first-order valence-electron chi connectivity index (χ1n) is 8.77. The van der Waals surface area contributed by atoms with Gasteiger partial charge in [0.25, 0.3) is 0 Å². The molecule has 1 fully saturated rings. The summed E-state index contributed by atoms with van der Waals surface area (Å²) in [7, 11) is 0. The van der Waals surface area contributed by atoms with Crippen LogP contribution in [0, 0.1) is 5.82 Å². The molecule has 1 aliphatic rings. The van der Waals surface area contributed by atoms with Crippen LogP contribution in [0.1, 0.15) is 18.5 Å². The van der Waals surface area contributed by atoms with E-state index >= 15 is 0 Å². The molecule has 0 bridgehead atoms. The van der Waals surface area contributed by atoms with Crippen LogP contribution in [0.2, 0.25) is 0 Å². The number of hydrogen-bond donors (Lipinski definition) is 1. The quantitative estimate of drug-likeness (QED) is 0.782. The molecule has 3 aromatic rings. The molecule has 0 amide bonds. The van der Waals surface area contributed by atoms with Gasteiger partial charge in [0.05, 0.1) is 6.20 Å². The van der Waals surface area contributed by atoms with Crippen molar-refractivity contribution in [2.24, 2.45) is 0 Å². The molecular weight excluding hydrogens is 331 g/mol. The Morgan fingerprint density at radius 1 is 1.04 bits per heavy atom. The van der Waals surface area contributed by atoms with Gasteiger partial charge in [-0.2, -0.15) is 5.10 Å². The van der Waals surface area contributed by atoms with Crippen molar-refractivity contribution in [2.45, 2.75) is 13.0 Å². The molecule has 2 aromatic heterocycles. The van der Waals surface area contributed by atoms with Crippen LogP contribution in [-0.4, -0.2) is 51.2 Å². The number of aromatic nitrogens is 4. The normalized spacial score (nSPS) is 16.6. The first-order chi connectivity index (χ1) is 12.7. The minimum Gasteiger partial charge on any atom is -0.352 e. The molecule has 0 spiro atoms. The van der Waals surface area contributed by atoms with Gasteiger partial charge < -0.3 is 4.90 Å². The maximum atomic E-state index is 13.2. The van der Waals surface area contributed by atoms with Crippen LogP contribution in [0.4, 0.5) is 10.2 Å². The van der Waals surface area contributed by atoms with E-state index in [0.29, 0.717) is 6.04 Å². The van der Waals surface area contributed by atoms with Crippen molar-refractivity contribution in [1.29, 1.82) is 0 Å². The summed E-state index contributed by atoms with van der Waals surface area (Å²) in [6, 6.07) is 6.74. The fourth-order valence-electron chi connectivity index (χ4n) is 3.39. The van der Waals surface area contributed by atoms with E-state index in [-0.39, 0.29) is 5.82 Å². The van der Waals surface area contributed by atoms with Crippen molar-refractivity contribution in [2.75, 3.05) is 31.1 Å². The molecule has 0 saturated carbocycles. The number of anilines is 1. The average molecular weight is 352 g/mol. The molecule has 1 saturated heterocycles. The van der Waals surface area contributed by atoms with Crippen LogP contribution < -0.4 is 4.90 Å². The van der Waals surface area contributed by atoms with Crippen molar-refractivity contribution in [3.8, 4) is 11.3 Å². The Kier molecular flexibility index (Phi) is 4.62. The molecule has 3 heterocycles. The number of halogens is 1. The topological polar surface area (TPSA) is 60.9 Å². The van der Waals surface area contributed by atoms with Crippen molar-refractivity contribution in [3.63, 3.8) is 0 Å². The molecule has 1 unspecified atom stereocenters. The Bertz CT molecular complexity index is 841. The lowest BCUT2D eigenvalue weighted by atomic mass is 10.1. The second kappa shape index (κ2) is 7.21. The summed E-state index contributed by atoms with van der Waals surface area (Å²) in [6.07, 6.45) is 7.22. The fraction of sp³-hybridized carbons (Fsp3) is 0.316. The molecule has 1 N–H and O–H groups in total. The lowest BCUT2D eigenvalue weighted by Crippen LogP contribution is -2.47. The van der Waals surface area contributed by atoms with E-state index in [2.05, 4.69) is 36.9 Å². The number of hydrogen-bond acceptors (Lipinski definition) is 5. The Labute approximate surface area is 151 Å². The molecule has 4 rings (SSSR count). The minimum absolute atomic E-state index is 0.249. The highest BCUT2D eigenvalue weighted by Gasteiger charge is 2.25. The Morgan fingerprint density at radius 2 is 1.77 bits per heavy atom. The van der Waals surface area contributed by atoms with Crippen LogP contribution in [0.25, 0.3) is 11.3 Å². The fourth-order valence-corrected chi connectivity index (χ4v) is 3.39. The Balaban J connectivity index is 1.51. The average Bonchev–Trinajstić information content (AvgIpc) is 3.23. The van der Waals surface area contributed by atoms with Crippen molar-refractivity contribution < 1.29 is 4.39 Å². The van der Waals surface area contributed by atoms with E-state index < -0.39 is 0 Å². The third kappa shape index (κ3) is 3.30. The number of nitrogens with one attached hydrogen (secondary N) is 1. The molecule has 1 aromatic carbocycles. The number of aromatic amines is 1. The SMILES string of the molecule is CC(c1cn[nH]c1)N1CCN(c2nccnc2-c2ccc(F)cc2)CC1. The van der Waals surface area contributed by atoms with Crippen molar-refractivity contribution in [3.05, 3.63) is 60.4 Å². The third-order valence-corrected chi connectivity index (χ3v) is 4.96. The number of rotatable bonds is 4. The maximum absolute atomic E-state index is 13.2. The van der Waals surface area contributed by atoms with Gasteiger partial charge in [-0.05, 0) is 31.2 Å². The van der Waals surface area contributed by atoms with E-state index in [0.717, 1.165) is 43.3 Å². The van der Waals surface area contributed by atoms with Gasteiger partial charge in [-0.25, -0.2) is 9.37 Å². The van der Waals surface area contributed by atoms with Gasteiger partial charge in [-0.15, -0.1) is 0 Å².